The van der Waals surface area contributed by atoms with Gasteiger partial charge in [0.15, 0.2) is 0 Å². The van der Waals surface area contributed by atoms with Crippen molar-refractivity contribution >= 4 is 5.91 Å². The molecule has 2 aliphatic rings. The van der Waals surface area contributed by atoms with Crippen LogP contribution in [-0.4, -0.2) is 49.1 Å². The molecule has 2 aliphatic heterocycles. The van der Waals surface area contributed by atoms with Gasteiger partial charge in [0.05, 0.1) is 6.04 Å². The van der Waals surface area contributed by atoms with E-state index in [2.05, 4.69) is 22.5 Å². The van der Waals surface area contributed by atoms with Gasteiger partial charge in [0.25, 0.3) is 0 Å². The molecule has 1 unspecified atom stereocenters. The SMILES string of the molecule is CCN1CCCC(NC(=O)[C@@H]2CCCN2)C1. The highest BCUT2D eigenvalue weighted by atomic mass is 16.2. The zero-order chi connectivity index (χ0) is 11.4. The molecule has 16 heavy (non-hydrogen) atoms. The summed E-state index contributed by atoms with van der Waals surface area (Å²) >= 11 is 0. The minimum absolute atomic E-state index is 0.0667. The lowest BCUT2D eigenvalue weighted by molar-refractivity contribution is -0.123. The van der Waals surface area contributed by atoms with Crippen molar-refractivity contribution in [2.24, 2.45) is 0 Å². The lowest BCUT2D eigenvalue weighted by Gasteiger charge is -2.32. The Morgan fingerprint density at radius 2 is 2.31 bits per heavy atom. The number of likely N-dealkylation sites (tertiary alicyclic amines) is 1. The van der Waals surface area contributed by atoms with Crippen LogP contribution in [0.15, 0.2) is 0 Å². The summed E-state index contributed by atoms with van der Waals surface area (Å²) in [7, 11) is 0. The van der Waals surface area contributed by atoms with Crippen molar-refractivity contribution in [1.82, 2.24) is 15.5 Å². The maximum absolute atomic E-state index is 11.9. The molecule has 0 aromatic rings. The van der Waals surface area contributed by atoms with Crippen LogP contribution in [0.5, 0.6) is 0 Å². The van der Waals surface area contributed by atoms with Crippen LogP contribution < -0.4 is 10.6 Å². The summed E-state index contributed by atoms with van der Waals surface area (Å²) in [4.78, 5) is 14.3. The zero-order valence-corrected chi connectivity index (χ0v) is 10.2. The molecule has 0 radical (unpaired) electrons. The fourth-order valence-corrected chi connectivity index (χ4v) is 2.67. The number of rotatable bonds is 3. The monoisotopic (exact) mass is 225 g/mol. The van der Waals surface area contributed by atoms with E-state index in [9.17, 15) is 4.79 Å². The van der Waals surface area contributed by atoms with Gasteiger partial charge >= 0.3 is 0 Å². The van der Waals surface area contributed by atoms with Crippen LogP contribution in [0.25, 0.3) is 0 Å². The van der Waals surface area contributed by atoms with E-state index in [1.165, 1.54) is 13.0 Å². The van der Waals surface area contributed by atoms with Crippen LogP contribution in [0.4, 0.5) is 0 Å². The third-order valence-corrected chi connectivity index (χ3v) is 3.68. The van der Waals surface area contributed by atoms with Gasteiger partial charge in [0.2, 0.25) is 5.91 Å². The molecule has 1 amide bonds. The number of carbonyl (C=O) groups excluding carboxylic acids is 1. The van der Waals surface area contributed by atoms with Crippen molar-refractivity contribution in [1.29, 1.82) is 0 Å². The Labute approximate surface area is 97.8 Å². The molecule has 2 heterocycles. The summed E-state index contributed by atoms with van der Waals surface area (Å²) in [5.74, 6) is 0.209. The third kappa shape index (κ3) is 2.95. The zero-order valence-electron chi connectivity index (χ0n) is 10.2. The van der Waals surface area contributed by atoms with Crippen LogP contribution in [-0.2, 0) is 4.79 Å². The summed E-state index contributed by atoms with van der Waals surface area (Å²) in [6.07, 6.45) is 4.46. The highest BCUT2D eigenvalue weighted by molar-refractivity contribution is 5.82. The first-order valence-corrected chi connectivity index (χ1v) is 6.55. The molecule has 0 saturated carbocycles. The van der Waals surface area contributed by atoms with E-state index >= 15 is 0 Å². The molecule has 2 fully saturated rings. The van der Waals surface area contributed by atoms with Crippen molar-refractivity contribution in [2.75, 3.05) is 26.2 Å². The number of hydrogen-bond acceptors (Lipinski definition) is 3. The first-order chi connectivity index (χ1) is 7.79. The molecule has 2 atom stereocenters. The van der Waals surface area contributed by atoms with Gasteiger partial charge in [-0.25, -0.2) is 0 Å². The molecule has 2 rings (SSSR count). The molecule has 0 aliphatic carbocycles. The second kappa shape index (κ2) is 5.64. The Morgan fingerprint density at radius 3 is 3.00 bits per heavy atom. The van der Waals surface area contributed by atoms with Gasteiger partial charge < -0.3 is 15.5 Å². The van der Waals surface area contributed by atoms with E-state index in [0.717, 1.165) is 38.9 Å². The minimum atomic E-state index is 0.0667. The van der Waals surface area contributed by atoms with Crippen molar-refractivity contribution in [3.05, 3.63) is 0 Å². The van der Waals surface area contributed by atoms with Gasteiger partial charge in [0, 0.05) is 12.6 Å². The lowest BCUT2D eigenvalue weighted by atomic mass is 10.1. The van der Waals surface area contributed by atoms with Crippen LogP contribution >= 0.6 is 0 Å². The van der Waals surface area contributed by atoms with Crippen LogP contribution in [0, 0.1) is 0 Å². The molecule has 4 heteroatoms. The molecule has 0 bridgehead atoms. The average Bonchev–Trinajstić information content (AvgIpc) is 2.83. The van der Waals surface area contributed by atoms with Gasteiger partial charge in [-0.05, 0) is 45.3 Å². The van der Waals surface area contributed by atoms with Crippen molar-refractivity contribution < 1.29 is 4.79 Å². The normalized spacial score (nSPS) is 31.6. The van der Waals surface area contributed by atoms with Gasteiger partial charge in [0.1, 0.15) is 0 Å². The summed E-state index contributed by atoms with van der Waals surface area (Å²) in [5, 5.41) is 6.43. The highest BCUT2D eigenvalue weighted by Gasteiger charge is 2.26. The maximum Gasteiger partial charge on any atom is 0.237 e. The molecular formula is C12H23N3O. The molecule has 2 N–H and O–H groups in total. The van der Waals surface area contributed by atoms with Crippen LogP contribution in [0.2, 0.25) is 0 Å². The fraction of sp³-hybridized carbons (Fsp3) is 0.917. The topological polar surface area (TPSA) is 44.4 Å². The molecule has 4 nitrogen and oxygen atoms in total. The van der Waals surface area contributed by atoms with E-state index in [0.29, 0.717) is 6.04 Å². The Kier molecular flexibility index (Phi) is 4.18. The summed E-state index contributed by atoms with van der Waals surface area (Å²) in [5.41, 5.74) is 0. The number of carbonyl (C=O) groups is 1. The second-order valence-corrected chi connectivity index (χ2v) is 4.89. The van der Waals surface area contributed by atoms with Crippen LogP contribution in [0.3, 0.4) is 0 Å². The predicted octanol–water partition coefficient (Wildman–Crippen LogP) is 0.339. The maximum atomic E-state index is 11.9. The molecule has 0 spiro atoms. The first kappa shape index (κ1) is 11.9. The van der Waals surface area contributed by atoms with E-state index in [1.54, 1.807) is 0 Å². The Hall–Kier alpha value is -0.610. The number of nitrogens with one attached hydrogen (secondary N) is 2. The Morgan fingerprint density at radius 1 is 1.44 bits per heavy atom. The standard InChI is InChI=1S/C12H23N3O/c1-2-15-8-4-5-10(9-15)14-12(16)11-6-3-7-13-11/h10-11,13H,2-9H2,1H3,(H,14,16)/t10?,11-/m0/s1. The number of nitrogens with zero attached hydrogens (tertiary/aromatic N) is 1. The van der Waals surface area contributed by atoms with Gasteiger partial charge in [-0.3, -0.25) is 4.79 Å². The number of piperidine rings is 1. The van der Waals surface area contributed by atoms with E-state index in [1.807, 2.05) is 0 Å². The summed E-state index contributed by atoms with van der Waals surface area (Å²) in [6.45, 7) is 6.47. The third-order valence-electron chi connectivity index (χ3n) is 3.68. The second-order valence-electron chi connectivity index (χ2n) is 4.89. The van der Waals surface area contributed by atoms with Gasteiger partial charge in [-0.1, -0.05) is 6.92 Å². The quantitative estimate of drug-likeness (QED) is 0.728. The van der Waals surface area contributed by atoms with E-state index in [-0.39, 0.29) is 11.9 Å². The minimum Gasteiger partial charge on any atom is -0.351 e. The predicted molar refractivity (Wildman–Crippen MR) is 64.3 cm³/mol. The molecule has 0 aromatic carbocycles. The Balaban J connectivity index is 1.77. The number of amides is 1. The molecule has 92 valence electrons. The smallest absolute Gasteiger partial charge is 0.237 e. The number of hydrogen-bond donors (Lipinski definition) is 2. The Bertz CT molecular complexity index is 238. The first-order valence-electron chi connectivity index (χ1n) is 6.55. The molecule has 2 saturated heterocycles. The van der Waals surface area contributed by atoms with Crippen molar-refractivity contribution in [3.63, 3.8) is 0 Å². The largest absolute Gasteiger partial charge is 0.351 e. The van der Waals surface area contributed by atoms with Crippen molar-refractivity contribution in [3.8, 4) is 0 Å². The lowest BCUT2D eigenvalue weighted by Crippen LogP contribution is -2.51. The van der Waals surface area contributed by atoms with E-state index in [4.69, 9.17) is 0 Å². The van der Waals surface area contributed by atoms with E-state index < -0.39 is 0 Å². The number of likely N-dealkylation sites (N-methyl/N-ethyl adjacent to an activating group) is 1. The molecular weight excluding hydrogens is 202 g/mol. The van der Waals surface area contributed by atoms with Crippen molar-refractivity contribution in [2.45, 2.75) is 44.7 Å². The van der Waals surface area contributed by atoms with Gasteiger partial charge in [-0.15, -0.1) is 0 Å². The average molecular weight is 225 g/mol. The van der Waals surface area contributed by atoms with Crippen LogP contribution in [0.1, 0.15) is 32.6 Å². The van der Waals surface area contributed by atoms with Gasteiger partial charge in [-0.2, -0.15) is 0 Å². The summed E-state index contributed by atoms with van der Waals surface area (Å²) < 4.78 is 0. The summed E-state index contributed by atoms with van der Waals surface area (Å²) in [6, 6.07) is 0.431. The highest BCUT2D eigenvalue weighted by Crippen LogP contribution is 2.11. The fourth-order valence-electron chi connectivity index (χ4n) is 2.67. The molecule has 0 aromatic heterocycles.